The number of aromatic nitrogens is 3. The van der Waals surface area contributed by atoms with Crippen LogP contribution in [0.3, 0.4) is 0 Å². The molecule has 0 spiro atoms. The van der Waals surface area contributed by atoms with E-state index < -0.39 is 0 Å². The number of fused-ring (bicyclic) bond motifs is 3. The molecule has 0 aliphatic heterocycles. The van der Waals surface area contributed by atoms with Gasteiger partial charge in [0.05, 0.1) is 17.4 Å². The number of benzene rings is 3. The van der Waals surface area contributed by atoms with Gasteiger partial charge in [0.2, 0.25) is 5.91 Å². The number of unbranched alkanes of at least 4 members (excludes halogenated alkanes) is 1. The number of imidazole rings is 1. The molecule has 0 aliphatic carbocycles. The molecule has 1 amide bonds. The number of anilines is 1. The van der Waals surface area contributed by atoms with Gasteiger partial charge in [-0.05, 0) is 54.8 Å². The lowest BCUT2D eigenvalue weighted by Gasteiger charge is -2.22. The number of carbonyl (C=O) groups is 1. The third-order valence-corrected chi connectivity index (χ3v) is 7.76. The van der Waals surface area contributed by atoms with Crippen LogP contribution in [0, 0.1) is 0 Å². The van der Waals surface area contributed by atoms with Crippen molar-refractivity contribution in [2.45, 2.75) is 42.6 Å². The molecule has 37 heavy (non-hydrogen) atoms. The molecule has 0 saturated carbocycles. The van der Waals surface area contributed by atoms with Crippen molar-refractivity contribution in [1.82, 2.24) is 19.4 Å². The van der Waals surface area contributed by atoms with Crippen molar-refractivity contribution in [2.24, 2.45) is 0 Å². The minimum Gasteiger partial charge on any atom is -0.382 e. The van der Waals surface area contributed by atoms with Gasteiger partial charge in [-0.15, -0.1) is 0 Å². The Morgan fingerprint density at radius 3 is 2.59 bits per heavy atom. The van der Waals surface area contributed by atoms with Gasteiger partial charge < -0.3 is 15.2 Å². The van der Waals surface area contributed by atoms with Gasteiger partial charge in [-0.25, -0.2) is 9.97 Å². The molecule has 0 saturated heterocycles. The van der Waals surface area contributed by atoms with Crippen LogP contribution < -0.4 is 5.73 Å². The summed E-state index contributed by atoms with van der Waals surface area (Å²) in [4.78, 5) is 25.7. The number of pyridine rings is 1. The molecule has 0 atom stereocenters. The summed E-state index contributed by atoms with van der Waals surface area (Å²) in [7, 11) is 0. The minimum absolute atomic E-state index is 0.0734. The number of para-hydroxylation sites is 1. The van der Waals surface area contributed by atoms with E-state index >= 15 is 0 Å². The number of amides is 1. The van der Waals surface area contributed by atoms with Crippen molar-refractivity contribution < 1.29 is 4.79 Å². The predicted molar refractivity (Wildman–Crippen MR) is 152 cm³/mol. The highest BCUT2D eigenvalue weighted by Crippen LogP contribution is 2.32. The van der Waals surface area contributed by atoms with Crippen LogP contribution in [0.1, 0.15) is 25.3 Å². The highest BCUT2D eigenvalue weighted by Gasteiger charge is 2.14. The fourth-order valence-corrected chi connectivity index (χ4v) is 5.54. The second-order valence-electron chi connectivity index (χ2n) is 8.96. The summed E-state index contributed by atoms with van der Waals surface area (Å²) in [5.74, 6) is 0.523. The second-order valence-corrected chi connectivity index (χ2v) is 10.5. The number of hydrogen-bond acceptors (Lipinski definition) is 5. The Morgan fingerprint density at radius 1 is 1.03 bits per heavy atom. The van der Waals surface area contributed by atoms with E-state index in [2.05, 4.69) is 32.7 Å². The first-order chi connectivity index (χ1) is 18.0. The molecule has 2 N–H and O–H groups in total. The van der Waals surface area contributed by atoms with E-state index in [-0.39, 0.29) is 5.91 Å². The van der Waals surface area contributed by atoms with Gasteiger partial charge in [0.25, 0.3) is 0 Å². The Morgan fingerprint density at radius 2 is 1.78 bits per heavy atom. The van der Waals surface area contributed by atoms with Crippen LogP contribution in [0.5, 0.6) is 0 Å². The van der Waals surface area contributed by atoms with Crippen molar-refractivity contribution in [3.05, 3.63) is 89.7 Å². The van der Waals surface area contributed by atoms with Crippen LogP contribution >= 0.6 is 23.4 Å². The Hall–Kier alpha value is -3.55. The molecule has 5 rings (SSSR count). The minimum atomic E-state index is 0.0734. The van der Waals surface area contributed by atoms with Crippen molar-refractivity contribution in [3.8, 4) is 0 Å². The molecule has 2 aromatic heterocycles. The van der Waals surface area contributed by atoms with Gasteiger partial charge in [0, 0.05) is 46.8 Å². The first-order valence-corrected chi connectivity index (χ1v) is 13.4. The second kappa shape index (κ2) is 11.2. The van der Waals surface area contributed by atoms with Crippen molar-refractivity contribution in [1.29, 1.82) is 0 Å². The van der Waals surface area contributed by atoms with Crippen LogP contribution in [0.25, 0.3) is 21.9 Å². The molecule has 0 radical (unpaired) electrons. The summed E-state index contributed by atoms with van der Waals surface area (Å²) in [6.45, 7) is 3.69. The smallest absolute Gasteiger partial charge is 0.219 e. The zero-order valence-electron chi connectivity index (χ0n) is 20.6. The monoisotopic (exact) mass is 529 g/mol. The number of nitrogens with two attached hydrogens (primary N) is 1. The number of carbonyl (C=O) groups excluding carboxylic acids is 1. The van der Waals surface area contributed by atoms with Crippen LogP contribution in [-0.2, 0) is 17.9 Å². The average molecular weight is 530 g/mol. The SMILES string of the molecule is CC(=O)N(CCCCn1cnc2c(N)nc3ccccc3c21)Cc1ccccc1Sc1ccc(Cl)cc1. The molecule has 6 nitrogen and oxygen atoms in total. The van der Waals surface area contributed by atoms with Crippen LogP contribution in [0.15, 0.2) is 88.9 Å². The van der Waals surface area contributed by atoms with Crippen molar-refractivity contribution in [2.75, 3.05) is 12.3 Å². The average Bonchev–Trinajstić information content (AvgIpc) is 3.33. The van der Waals surface area contributed by atoms with E-state index in [4.69, 9.17) is 17.3 Å². The Bertz CT molecular complexity index is 1550. The number of halogens is 1. The fourth-order valence-electron chi connectivity index (χ4n) is 4.48. The zero-order chi connectivity index (χ0) is 25.8. The molecule has 188 valence electrons. The maximum atomic E-state index is 12.5. The standard InChI is InChI=1S/C29H28ClN5OS/c1-20(36)34(18-21-8-2-5-11-26(21)37-23-14-12-22(30)13-15-23)16-6-7-17-35-19-32-27-28(35)24-9-3-4-10-25(24)33-29(27)31/h2-5,8-15,19H,6-7,16-18H2,1H3,(H2,31,33). The summed E-state index contributed by atoms with van der Waals surface area (Å²) in [5.41, 5.74) is 9.91. The first kappa shape index (κ1) is 25.1. The maximum Gasteiger partial charge on any atom is 0.219 e. The predicted octanol–water partition coefficient (Wildman–Crippen LogP) is 6.80. The molecule has 5 aromatic rings. The number of rotatable bonds is 9. The summed E-state index contributed by atoms with van der Waals surface area (Å²) < 4.78 is 2.14. The van der Waals surface area contributed by atoms with Crippen LogP contribution in [0.4, 0.5) is 5.82 Å². The molecule has 0 fully saturated rings. The van der Waals surface area contributed by atoms with Crippen LogP contribution in [0.2, 0.25) is 5.02 Å². The number of hydrogen-bond donors (Lipinski definition) is 1. The highest BCUT2D eigenvalue weighted by atomic mass is 35.5. The number of nitrogens with zero attached hydrogens (tertiary/aromatic N) is 4. The lowest BCUT2D eigenvalue weighted by atomic mass is 10.1. The normalized spacial score (nSPS) is 11.3. The maximum absolute atomic E-state index is 12.5. The third kappa shape index (κ3) is 5.73. The van der Waals surface area contributed by atoms with E-state index in [0.717, 1.165) is 61.7 Å². The fraction of sp³-hybridized carbons (Fsp3) is 0.207. The number of nitrogen functional groups attached to an aromatic ring is 1. The van der Waals surface area contributed by atoms with E-state index in [1.54, 1.807) is 18.7 Å². The Balaban J connectivity index is 1.25. The molecule has 2 heterocycles. The molecular formula is C29H28ClN5OS. The van der Waals surface area contributed by atoms with Crippen LogP contribution in [-0.4, -0.2) is 31.9 Å². The summed E-state index contributed by atoms with van der Waals surface area (Å²) in [6, 6.07) is 24.0. The first-order valence-electron chi connectivity index (χ1n) is 12.3. The van der Waals surface area contributed by atoms with Gasteiger partial charge >= 0.3 is 0 Å². The quantitative estimate of drug-likeness (QED) is 0.212. The zero-order valence-corrected chi connectivity index (χ0v) is 22.2. The lowest BCUT2D eigenvalue weighted by molar-refractivity contribution is -0.129. The summed E-state index contributed by atoms with van der Waals surface area (Å²) in [5, 5.41) is 1.77. The molecule has 8 heteroatoms. The van der Waals surface area contributed by atoms with E-state index in [0.29, 0.717) is 18.9 Å². The lowest BCUT2D eigenvalue weighted by Crippen LogP contribution is -2.29. The Kier molecular flexibility index (Phi) is 7.63. The van der Waals surface area contributed by atoms with Gasteiger partial charge in [0.15, 0.2) is 5.82 Å². The van der Waals surface area contributed by atoms with Gasteiger partial charge in [-0.2, -0.15) is 0 Å². The third-order valence-electron chi connectivity index (χ3n) is 6.38. The molecule has 3 aromatic carbocycles. The van der Waals surface area contributed by atoms with Gasteiger partial charge in [-0.1, -0.05) is 59.8 Å². The molecule has 0 aliphatic rings. The largest absolute Gasteiger partial charge is 0.382 e. The number of aryl methyl sites for hydroxylation is 1. The molecule has 0 bridgehead atoms. The molecular weight excluding hydrogens is 502 g/mol. The van der Waals surface area contributed by atoms with Gasteiger partial charge in [0.1, 0.15) is 5.52 Å². The topological polar surface area (TPSA) is 77.0 Å². The van der Waals surface area contributed by atoms with E-state index in [1.807, 2.05) is 65.8 Å². The van der Waals surface area contributed by atoms with E-state index in [9.17, 15) is 4.79 Å². The van der Waals surface area contributed by atoms with E-state index in [1.165, 1.54) is 0 Å². The molecule has 0 unspecified atom stereocenters. The van der Waals surface area contributed by atoms with Crippen molar-refractivity contribution >= 4 is 57.0 Å². The van der Waals surface area contributed by atoms with Crippen molar-refractivity contribution in [3.63, 3.8) is 0 Å². The summed E-state index contributed by atoms with van der Waals surface area (Å²) >= 11 is 7.72. The Labute approximate surface area is 225 Å². The summed E-state index contributed by atoms with van der Waals surface area (Å²) in [6.07, 6.45) is 3.62. The highest BCUT2D eigenvalue weighted by molar-refractivity contribution is 7.99. The van der Waals surface area contributed by atoms with Gasteiger partial charge in [-0.3, -0.25) is 4.79 Å².